The van der Waals surface area contributed by atoms with E-state index < -0.39 is 88.1 Å². The molecule has 9 atom stereocenters. The van der Waals surface area contributed by atoms with Crippen LogP contribution in [0, 0.1) is 28.6 Å². The molecule has 3 N–H and O–H groups in total. The number of aliphatic hydroxyl groups excluding tert-OH is 2. The van der Waals surface area contributed by atoms with Crippen molar-refractivity contribution in [3.63, 3.8) is 0 Å². The van der Waals surface area contributed by atoms with E-state index in [2.05, 4.69) is 0 Å². The second-order valence-electron chi connectivity index (χ2n) is 9.93. The first-order valence-corrected chi connectivity index (χ1v) is 10.3. The van der Waals surface area contributed by atoms with E-state index in [1.165, 1.54) is 6.92 Å². The predicted molar refractivity (Wildman–Crippen MR) is 100 cm³/mol. The average Bonchev–Trinajstić information content (AvgIpc) is 2.88. The van der Waals surface area contributed by atoms with Gasteiger partial charge < -0.3 is 15.3 Å². The minimum atomic E-state index is -2.49. The molecule has 0 heterocycles. The number of ketones is 2. The van der Waals surface area contributed by atoms with Crippen molar-refractivity contribution in [2.45, 2.75) is 63.6 Å². The molecule has 4 rings (SSSR count). The lowest BCUT2D eigenvalue weighted by molar-refractivity contribution is -0.224. The molecular formula is C22H27F3O5. The van der Waals surface area contributed by atoms with Crippen molar-refractivity contribution in [3.05, 3.63) is 23.6 Å². The minimum Gasteiger partial charge on any atom is -0.390 e. The van der Waals surface area contributed by atoms with Gasteiger partial charge in [0, 0.05) is 22.3 Å². The number of allylic oxidation sites excluding steroid dienone is 4. The third-order valence-corrected chi connectivity index (χ3v) is 8.86. The lowest BCUT2D eigenvalue weighted by atomic mass is 9.44. The number of Topliss-reactive ketones (excluding diaryl/α,β-unsaturated/α-hetero) is 1. The fourth-order valence-electron chi connectivity index (χ4n) is 7.35. The zero-order valence-corrected chi connectivity index (χ0v) is 17.2. The van der Waals surface area contributed by atoms with Crippen LogP contribution in [0.1, 0.15) is 40.0 Å². The Labute approximate surface area is 172 Å². The van der Waals surface area contributed by atoms with Crippen molar-refractivity contribution in [2.75, 3.05) is 6.61 Å². The molecule has 5 nitrogen and oxygen atoms in total. The standard InChI is InChI=1S/C22H27F3O5/c1-10-6-11-12-7-13(23)17-18(24)14(27)4-5-19(17,2)21(12,25)15(28)8-20(11,3)22(10,30)16(29)9-26/h4-5,10-13,15,26,28,30H,6-9H2,1-3H3/t10-,11+,12+,13?,15+,19+,20+,21+,22+/m1/s1. The van der Waals surface area contributed by atoms with Crippen LogP contribution in [-0.4, -0.2) is 57.0 Å². The normalized spacial score (nSPS) is 52.7. The molecule has 166 valence electrons. The van der Waals surface area contributed by atoms with E-state index in [1.807, 2.05) is 0 Å². The third kappa shape index (κ3) is 2.15. The monoisotopic (exact) mass is 428 g/mol. The molecule has 0 aromatic carbocycles. The van der Waals surface area contributed by atoms with Crippen molar-refractivity contribution in [1.82, 2.24) is 0 Å². The van der Waals surface area contributed by atoms with Crippen LogP contribution in [0.5, 0.6) is 0 Å². The summed E-state index contributed by atoms with van der Waals surface area (Å²) in [7, 11) is 0. The summed E-state index contributed by atoms with van der Waals surface area (Å²) in [6.45, 7) is 3.57. The molecule has 3 saturated carbocycles. The number of carbonyl (C=O) groups excluding carboxylic acids is 2. The Morgan fingerprint density at radius 1 is 1.27 bits per heavy atom. The number of hydrogen-bond acceptors (Lipinski definition) is 5. The Morgan fingerprint density at radius 3 is 2.50 bits per heavy atom. The van der Waals surface area contributed by atoms with Gasteiger partial charge in [-0.15, -0.1) is 0 Å². The fraction of sp³-hybridized carbons (Fsp3) is 0.727. The maximum absolute atomic E-state index is 16.9. The van der Waals surface area contributed by atoms with Crippen LogP contribution in [0.3, 0.4) is 0 Å². The van der Waals surface area contributed by atoms with E-state index in [0.29, 0.717) is 0 Å². The molecule has 1 unspecified atom stereocenters. The van der Waals surface area contributed by atoms with Crippen molar-refractivity contribution in [2.24, 2.45) is 28.6 Å². The Hall–Kier alpha value is -1.51. The smallest absolute Gasteiger partial charge is 0.213 e. The number of hydrogen-bond donors (Lipinski definition) is 3. The number of halogens is 3. The molecule has 0 saturated heterocycles. The summed E-state index contributed by atoms with van der Waals surface area (Å²) in [5.41, 5.74) is -8.24. The van der Waals surface area contributed by atoms with Crippen molar-refractivity contribution in [3.8, 4) is 0 Å². The summed E-state index contributed by atoms with van der Waals surface area (Å²) in [5.74, 6) is -5.62. The molecule has 0 bridgehead atoms. The van der Waals surface area contributed by atoms with Gasteiger partial charge in [-0.1, -0.05) is 19.9 Å². The highest BCUT2D eigenvalue weighted by Crippen LogP contribution is 2.71. The van der Waals surface area contributed by atoms with Gasteiger partial charge >= 0.3 is 0 Å². The SMILES string of the molecule is C[C@@H]1C[C@H]2[C@@H]3CC(F)C4=C(F)C(=O)C=C[C@]4(C)[C@@]3(F)[C@@H](O)C[C@]2(C)[C@@]1(O)C(=O)CO. The van der Waals surface area contributed by atoms with E-state index in [1.54, 1.807) is 13.8 Å². The van der Waals surface area contributed by atoms with Crippen molar-refractivity contribution in [1.29, 1.82) is 0 Å². The van der Waals surface area contributed by atoms with E-state index in [0.717, 1.165) is 12.2 Å². The molecule has 0 radical (unpaired) electrons. The highest BCUT2D eigenvalue weighted by Gasteiger charge is 2.76. The Bertz CT molecular complexity index is 886. The molecule has 3 fully saturated rings. The number of rotatable bonds is 2. The predicted octanol–water partition coefficient (Wildman–Crippen LogP) is 2.14. The quantitative estimate of drug-likeness (QED) is 0.627. The lowest BCUT2D eigenvalue weighted by Gasteiger charge is -2.63. The molecule has 8 heteroatoms. The molecule has 0 aliphatic heterocycles. The fourth-order valence-corrected chi connectivity index (χ4v) is 7.35. The first kappa shape index (κ1) is 21.7. The molecule has 0 aromatic rings. The zero-order valence-electron chi connectivity index (χ0n) is 17.2. The third-order valence-electron chi connectivity index (χ3n) is 8.86. The number of fused-ring (bicyclic) bond motifs is 5. The van der Waals surface area contributed by atoms with Gasteiger partial charge in [0.25, 0.3) is 0 Å². The van der Waals surface area contributed by atoms with Crippen molar-refractivity contribution < 1.29 is 38.1 Å². The molecular weight excluding hydrogens is 401 g/mol. The molecule has 0 spiro atoms. The van der Waals surface area contributed by atoms with Gasteiger partial charge in [0.1, 0.15) is 18.4 Å². The highest BCUT2D eigenvalue weighted by molar-refractivity contribution is 6.04. The molecule has 0 amide bonds. The molecule has 30 heavy (non-hydrogen) atoms. The minimum absolute atomic E-state index is 0.189. The van der Waals surface area contributed by atoms with Gasteiger partial charge in [-0.25, -0.2) is 13.2 Å². The average molecular weight is 428 g/mol. The van der Waals surface area contributed by atoms with Gasteiger partial charge in [0.15, 0.2) is 17.3 Å². The van der Waals surface area contributed by atoms with Gasteiger partial charge in [0.2, 0.25) is 5.78 Å². The molecule has 0 aromatic heterocycles. The summed E-state index contributed by atoms with van der Waals surface area (Å²) >= 11 is 0. The summed E-state index contributed by atoms with van der Waals surface area (Å²) in [5, 5.41) is 31.8. The molecule has 4 aliphatic carbocycles. The first-order valence-electron chi connectivity index (χ1n) is 10.3. The van der Waals surface area contributed by atoms with Gasteiger partial charge in [0.05, 0.1) is 6.10 Å². The van der Waals surface area contributed by atoms with Crippen LogP contribution in [0.2, 0.25) is 0 Å². The summed E-state index contributed by atoms with van der Waals surface area (Å²) in [4.78, 5) is 24.3. The van der Waals surface area contributed by atoms with Gasteiger partial charge in [-0.2, -0.15) is 0 Å². The Balaban J connectivity index is 1.89. The Kier molecular flexibility index (Phi) is 4.53. The van der Waals surface area contributed by atoms with E-state index in [9.17, 15) is 29.3 Å². The maximum atomic E-state index is 16.9. The van der Waals surface area contributed by atoms with Gasteiger partial charge in [-0.3, -0.25) is 9.59 Å². The largest absolute Gasteiger partial charge is 0.390 e. The van der Waals surface area contributed by atoms with Crippen LogP contribution in [0.15, 0.2) is 23.6 Å². The van der Waals surface area contributed by atoms with E-state index in [4.69, 9.17) is 0 Å². The van der Waals surface area contributed by atoms with Crippen LogP contribution >= 0.6 is 0 Å². The van der Waals surface area contributed by atoms with Crippen molar-refractivity contribution >= 4 is 11.6 Å². The Morgan fingerprint density at radius 2 is 1.90 bits per heavy atom. The number of aliphatic hydroxyl groups is 3. The first-order chi connectivity index (χ1) is 13.8. The summed E-state index contributed by atoms with van der Waals surface area (Å²) in [6.07, 6.45) is -2.27. The van der Waals surface area contributed by atoms with Crippen LogP contribution in [0.4, 0.5) is 13.2 Å². The maximum Gasteiger partial charge on any atom is 0.213 e. The summed E-state index contributed by atoms with van der Waals surface area (Å²) < 4.78 is 46.8. The zero-order chi connectivity index (χ0) is 22.4. The van der Waals surface area contributed by atoms with Gasteiger partial charge in [-0.05, 0) is 44.1 Å². The topological polar surface area (TPSA) is 94.8 Å². The number of carbonyl (C=O) groups is 2. The van der Waals surface area contributed by atoms with Crippen LogP contribution in [-0.2, 0) is 9.59 Å². The van der Waals surface area contributed by atoms with Crippen LogP contribution in [0.25, 0.3) is 0 Å². The highest BCUT2D eigenvalue weighted by atomic mass is 19.2. The molecule has 4 aliphatic rings. The number of alkyl halides is 2. The summed E-state index contributed by atoms with van der Waals surface area (Å²) in [6, 6.07) is 0. The lowest BCUT2D eigenvalue weighted by Crippen LogP contribution is -2.70. The second kappa shape index (κ2) is 6.26. The van der Waals surface area contributed by atoms with Crippen LogP contribution < -0.4 is 0 Å². The van der Waals surface area contributed by atoms with E-state index >= 15 is 8.78 Å². The second-order valence-corrected chi connectivity index (χ2v) is 9.93. The van der Waals surface area contributed by atoms with E-state index in [-0.39, 0.29) is 12.8 Å².